The van der Waals surface area contributed by atoms with Crippen LogP contribution in [-0.2, 0) is 6.54 Å². The Kier molecular flexibility index (Phi) is 3.33. The number of rotatable bonds is 3. The molecule has 0 aromatic carbocycles. The van der Waals surface area contributed by atoms with Crippen molar-refractivity contribution in [2.75, 3.05) is 19.6 Å². The van der Waals surface area contributed by atoms with Crippen molar-refractivity contribution in [3.05, 3.63) is 30.1 Å². The Morgan fingerprint density at radius 3 is 2.83 bits per heavy atom. The van der Waals surface area contributed by atoms with Crippen LogP contribution in [-0.4, -0.2) is 34.1 Å². The fraction of sp³-hybridized carbons (Fsp3) is 0.533. The zero-order valence-electron chi connectivity index (χ0n) is 11.1. The first-order chi connectivity index (χ1) is 8.84. The van der Waals surface area contributed by atoms with Crippen molar-refractivity contribution in [2.45, 2.75) is 32.7 Å². The van der Waals surface area contributed by atoms with Crippen LogP contribution in [0.5, 0.6) is 0 Å². The number of hydrogen-bond donors (Lipinski definition) is 0. The fourth-order valence-electron chi connectivity index (χ4n) is 2.91. The van der Waals surface area contributed by atoms with Gasteiger partial charge in [-0.15, -0.1) is 0 Å². The molecule has 1 aliphatic heterocycles. The van der Waals surface area contributed by atoms with Gasteiger partial charge in [-0.25, -0.2) is 0 Å². The summed E-state index contributed by atoms with van der Waals surface area (Å²) < 4.78 is 2.35. The fourth-order valence-corrected chi connectivity index (χ4v) is 2.91. The highest BCUT2D eigenvalue weighted by molar-refractivity contribution is 5.79. The molecule has 0 unspecified atom stereocenters. The standard InChI is InChI=1S/C15H21N3/c1-13-12-18(14-6-5-7-16-15(13)14)11-10-17-8-3-2-4-9-17/h5-7,12H,2-4,8-11H2,1H3. The second-order valence-electron chi connectivity index (χ2n) is 5.28. The van der Waals surface area contributed by atoms with Gasteiger partial charge in [0.1, 0.15) is 0 Å². The molecule has 18 heavy (non-hydrogen) atoms. The van der Waals surface area contributed by atoms with Gasteiger partial charge >= 0.3 is 0 Å². The summed E-state index contributed by atoms with van der Waals surface area (Å²) in [5.74, 6) is 0. The predicted molar refractivity (Wildman–Crippen MR) is 74.8 cm³/mol. The van der Waals surface area contributed by atoms with Crippen LogP contribution in [0.1, 0.15) is 24.8 Å². The van der Waals surface area contributed by atoms with E-state index in [-0.39, 0.29) is 0 Å². The Morgan fingerprint density at radius 1 is 1.17 bits per heavy atom. The highest BCUT2D eigenvalue weighted by Gasteiger charge is 2.11. The molecular formula is C15H21N3. The van der Waals surface area contributed by atoms with E-state index < -0.39 is 0 Å². The lowest BCUT2D eigenvalue weighted by atomic mass is 10.1. The van der Waals surface area contributed by atoms with Crippen molar-refractivity contribution in [1.29, 1.82) is 0 Å². The highest BCUT2D eigenvalue weighted by atomic mass is 15.1. The second kappa shape index (κ2) is 5.11. The van der Waals surface area contributed by atoms with Crippen LogP contribution in [0.25, 0.3) is 11.0 Å². The minimum atomic E-state index is 1.08. The van der Waals surface area contributed by atoms with Crippen LogP contribution in [0, 0.1) is 6.92 Å². The van der Waals surface area contributed by atoms with Crippen LogP contribution in [0.3, 0.4) is 0 Å². The van der Waals surface area contributed by atoms with Gasteiger partial charge < -0.3 is 9.47 Å². The van der Waals surface area contributed by atoms with Gasteiger partial charge in [0.05, 0.1) is 11.0 Å². The summed E-state index contributed by atoms with van der Waals surface area (Å²) in [6.45, 7) is 6.94. The lowest BCUT2D eigenvalue weighted by Crippen LogP contribution is -2.32. The summed E-state index contributed by atoms with van der Waals surface area (Å²) in [5, 5.41) is 0. The summed E-state index contributed by atoms with van der Waals surface area (Å²) in [4.78, 5) is 7.05. The van der Waals surface area contributed by atoms with E-state index in [0.29, 0.717) is 0 Å². The number of aryl methyl sites for hydroxylation is 1. The lowest BCUT2D eigenvalue weighted by Gasteiger charge is -2.26. The van der Waals surface area contributed by atoms with E-state index >= 15 is 0 Å². The third kappa shape index (κ3) is 2.27. The lowest BCUT2D eigenvalue weighted by molar-refractivity contribution is 0.221. The molecule has 3 heteroatoms. The van der Waals surface area contributed by atoms with Crippen molar-refractivity contribution < 1.29 is 0 Å². The van der Waals surface area contributed by atoms with Gasteiger partial charge in [0, 0.05) is 25.5 Å². The average molecular weight is 243 g/mol. The van der Waals surface area contributed by atoms with E-state index in [2.05, 4.69) is 33.6 Å². The van der Waals surface area contributed by atoms with Crippen molar-refractivity contribution in [1.82, 2.24) is 14.5 Å². The smallest absolute Gasteiger partial charge is 0.0910 e. The number of aromatic nitrogens is 2. The molecule has 0 bridgehead atoms. The average Bonchev–Trinajstić information content (AvgIpc) is 2.75. The minimum Gasteiger partial charge on any atom is -0.345 e. The summed E-state index contributed by atoms with van der Waals surface area (Å²) >= 11 is 0. The van der Waals surface area contributed by atoms with E-state index in [1.807, 2.05) is 12.3 Å². The van der Waals surface area contributed by atoms with Crippen molar-refractivity contribution in [3.63, 3.8) is 0 Å². The van der Waals surface area contributed by atoms with Gasteiger partial charge in [-0.05, 0) is 50.6 Å². The molecule has 0 saturated carbocycles. The minimum absolute atomic E-state index is 1.08. The normalized spacial score (nSPS) is 17.4. The molecule has 0 atom stereocenters. The number of pyridine rings is 1. The number of nitrogens with zero attached hydrogens (tertiary/aromatic N) is 3. The zero-order chi connectivity index (χ0) is 12.4. The second-order valence-corrected chi connectivity index (χ2v) is 5.28. The molecule has 1 fully saturated rings. The van der Waals surface area contributed by atoms with E-state index in [9.17, 15) is 0 Å². The van der Waals surface area contributed by atoms with Crippen LogP contribution < -0.4 is 0 Å². The SMILES string of the molecule is Cc1cn(CCN2CCCCC2)c2cccnc12. The predicted octanol–water partition coefficient (Wildman–Crippen LogP) is 2.83. The number of likely N-dealkylation sites (tertiary alicyclic amines) is 1. The number of piperidine rings is 1. The van der Waals surface area contributed by atoms with Gasteiger partial charge in [-0.2, -0.15) is 0 Å². The monoisotopic (exact) mass is 243 g/mol. The van der Waals surface area contributed by atoms with Gasteiger partial charge in [0.25, 0.3) is 0 Å². The quantitative estimate of drug-likeness (QED) is 0.826. The Morgan fingerprint density at radius 2 is 2.00 bits per heavy atom. The Balaban J connectivity index is 1.74. The van der Waals surface area contributed by atoms with Crippen LogP contribution in [0.4, 0.5) is 0 Å². The van der Waals surface area contributed by atoms with E-state index in [0.717, 1.165) is 18.6 Å². The van der Waals surface area contributed by atoms with Gasteiger partial charge in [0.15, 0.2) is 0 Å². The van der Waals surface area contributed by atoms with Gasteiger partial charge in [-0.3, -0.25) is 4.98 Å². The van der Waals surface area contributed by atoms with Gasteiger partial charge in [0.2, 0.25) is 0 Å². The maximum absolute atomic E-state index is 4.46. The largest absolute Gasteiger partial charge is 0.345 e. The molecule has 0 radical (unpaired) electrons. The first kappa shape index (κ1) is 11.7. The molecular weight excluding hydrogens is 222 g/mol. The number of hydrogen-bond acceptors (Lipinski definition) is 2. The van der Waals surface area contributed by atoms with Gasteiger partial charge in [-0.1, -0.05) is 6.42 Å². The summed E-state index contributed by atoms with van der Waals surface area (Å²) in [6, 6.07) is 4.20. The van der Waals surface area contributed by atoms with E-state index in [4.69, 9.17) is 0 Å². The molecule has 0 spiro atoms. The third-order valence-corrected chi connectivity index (χ3v) is 3.92. The molecule has 3 heterocycles. The molecule has 3 nitrogen and oxygen atoms in total. The molecule has 1 saturated heterocycles. The van der Waals surface area contributed by atoms with E-state index in [1.54, 1.807) is 0 Å². The number of fused-ring (bicyclic) bond motifs is 1. The molecule has 1 aliphatic rings. The third-order valence-electron chi connectivity index (χ3n) is 3.92. The molecule has 0 N–H and O–H groups in total. The first-order valence-corrected chi connectivity index (χ1v) is 6.97. The molecule has 0 amide bonds. The molecule has 2 aromatic rings. The van der Waals surface area contributed by atoms with Crippen molar-refractivity contribution in [2.24, 2.45) is 0 Å². The van der Waals surface area contributed by atoms with Crippen LogP contribution in [0.2, 0.25) is 0 Å². The topological polar surface area (TPSA) is 21.1 Å². The molecule has 3 rings (SSSR count). The zero-order valence-corrected chi connectivity index (χ0v) is 11.1. The summed E-state index contributed by atoms with van der Waals surface area (Å²) in [7, 11) is 0. The molecule has 0 aliphatic carbocycles. The van der Waals surface area contributed by atoms with Crippen LogP contribution >= 0.6 is 0 Å². The molecule has 2 aromatic heterocycles. The maximum atomic E-state index is 4.46. The Hall–Kier alpha value is -1.35. The maximum Gasteiger partial charge on any atom is 0.0910 e. The van der Waals surface area contributed by atoms with Crippen LogP contribution in [0.15, 0.2) is 24.5 Å². The van der Waals surface area contributed by atoms with Crippen molar-refractivity contribution >= 4 is 11.0 Å². The Labute approximate surface area is 108 Å². The first-order valence-electron chi connectivity index (χ1n) is 6.97. The highest BCUT2D eigenvalue weighted by Crippen LogP contribution is 2.18. The summed E-state index contributed by atoms with van der Waals surface area (Å²) in [5.41, 5.74) is 3.70. The summed E-state index contributed by atoms with van der Waals surface area (Å²) in [6.07, 6.45) is 8.26. The molecule has 96 valence electrons. The Bertz CT molecular complexity index is 524. The van der Waals surface area contributed by atoms with E-state index in [1.165, 1.54) is 43.4 Å². The van der Waals surface area contributed by atoms with Crippen molar-refractivity contribution in [3.8, 4) is 0 Å².